The molecule has 1 N–H and O–H groups in total. The van der Waals surface area contributed by atoms with E-state index in [4.69, 9.17) is 9.84 Å². The van der Waals surface area contributed by atoms with E-state index < -0.39 is 5.97 Å². The number of hydrogen-bond acceptors (Lipinski definition) is 4. The first-order valence-electron chi connectivity index (χ1n) is 6.40. The lowest BCUT2D eigenvalue weighted by molar-refractivity contribution is -0.133. The van der Waals surface area contributed by atoms with Crippen molar-refractivity contribution in [2.24, 2.45) is 5.92 Å². The highest BCUT2D eigenvalue weighted by molar-refractivity contribution is 7.99. The zero-order chi connectivity index (χ0) is 14.4. The van der Waals surface area contributed by atoms with E-state index in [0.717, 1.165) is 17.3 Å². The smallest absolute Gasteiger partial charge is 0.313 e. The number of carboxylic acid groups (broad SMARTS) is 1. The lowest BCUT2D eigenvalue weighted by atomic mass is 10.0. The van der Waals surface area contributed by atoms with Crippen molar-refractivity contribution in [3.63, 3.8) is 0 Å². The Morgan fingerprint density at radius 1 is 1.58 bits per heavy atom. The van der Waals surface area contributed by atoms with Crippen molar-refractivity contribution in [2.75, 3.05) is 19.5 Å². The third kappa shape index (κ3) is 4.24. The van der Waals surface area contributed by atoms with Crippen LogP contribution in [0.2, 0.25) is 0 Å². The number of aryl methyl sites for hydroxylation is 1. The molecule has 0 aliphatic carbocycles. The molecule has 1 unspecified atom stereocenters. The summed E-state index contributed by atoms with van der Waals surface area (Å²) in [7, 11) is 1.68. The Morgan fingerprint density at radius 3 is 2.74 bits per heavy atom. The monoisotopic (exact) mass is 286 g/mol. The van der Waals surface area contributed by atoms with E-state index in [-0.39, 0.29) is 11.8 Å². The number of methoxy groups -OCH3 is 1. The maximum absolute atomic E-state index is 10.7. The van der Waals surface area contributed by atoms with Crippen molar-refractivity contribution in [2.45, 2.75) is 38.4 Å². The summed E-state index contributed by atoms with van der Waals surface area (Å²) in [6.07, 6.45) is 2.70. The first-order valence-corrected chi connectivity index (χ1v) is 7.39. The molecule has 1 aromatic rings. The number of thioether (sulfide) groups is 1. The van der Waals surface area contributed by atoms with E-state index in [2.05, 4.69) is 30.3 Å². The van der Waals surface area contributed by atoms with Crippen LogP contribution >= 0.6 is 11.8 Å². The van der Waals surface area contributed by atoms with Gasteiger partial charge >= 0.3 is 5.97 Å². The van der Waals surface area contributed by atoms with E-state index in [1.165, 1.54) is 11.8 Å². The van der Waals surface area contributed by atoms with E-state index in [1.54, 1.807) is 7.11 Å². The minimum Gasteiger partial charge on any atom is -0.481 e. The molecule has 5 nitrogen and oxygen atoms in total. The van der Waals surface area contributed by atoms with Crippen molar-refractivity contribution < 1.29 is 14.6 Å². The minimum absolute atomic E-state index is 0.0258. The topological polar surface area (TPSA) is 64.3 Å². The van der Waals surface area contributed by atoms with Gasteiger partial charge in [-0.05, 0) is 12.3 Å². The van der Waals surface area contributed by atoms with Crippen molar-refractivity contribution >= 4 is 17.7 Å². The minimum atomic E-state index is -0.828. The number of imidazole rings is 1. The van der Waals surface area contributed by atoms with Crippen LogP contribution in [0.25, 0.3) is 0 Å². The van der Waals surface area contributed by atoms with E-state index >= 15 is 0 Å². The molecule has 1 rings (SSSR count). The van der Waals surface area contributed by atoms with Gasteiger partial charge in [0.15, 0.2) is 5.16 Å². The average molecular weight is 286 g/mol. The van der Waals surface area contributed by atoms with Gasteiger partial charge in [-0.15, -0.1) is 0 Å². The number of aromatic nitrogens is 2. The normalized spacial score (nSPS) is 12.9. The van der Waals surface area contributed by atoms with Crippen LogP contribution < -0.4 is 0 Å². The zero-order valence-corrected chi connectivity index (χ0v) is 12.7. The van der Waals surface area contributed by atoms with Gasteiger partial charge in [-0.2, -0.15) is 0 Å². The number of carbonyl (C=O) groups is 1. The Hall–Kier alpha value is -1.01. The average Bonchev–Trinajstić information content (AvgIpc) is 2.75. The fourth-order valence-electron chi connectivity index (χ4n) is 1.96. The molecular weight excluding hydrogens is 264 g/mol. The summed E-state index contributed by atoms with van der Waals surface area (Å²) in [5, 5.41) is 9.56. The second-order valence-electron chi connectivity index (χ2n) is 4.70. The lowest BCUT2D eigenvalue weighted by Crippen LogP contribution is -2.23. The first-order chi connectivity index (χ1) is 9.01. The third-order valence-corrected chi connectivity index (χ3v) is 3.92. The molecule has 1 heterocycles. The molecule has 0 aliphatic heterocycles. The van der Waals surface area contributed by atoms with Crippen LogP contribution in [0.3, 0.4) is 0 Å². The number of aliphatic carboxylic acids is 1. The van der Waals surface area contributed by atoms with Crippen LogP contribution in [0.4, 0.5) is 0 Å². The maximum atomic E-state index is 10.7. The van der Waals surface area contributed by atoms with Crippen molar-refractivity contribution in [3.05, 3.63) is 11.9 Å². The Labute approximate surface area is 118 Å². The quantitative estimate of drug-likeness (QED) is 0.744. The number of nitrogens with zero attached hydrogens (tertiary/aromatic N) is 2. The van der Waals surface area contributed by atoms with Crippen LogP contribution in [-0.4, -0.2) is 40.1 Å². The van der Waals surface area contributed by atoms with Crippen LogP contribution in [0, 0.1) is 5.92 Å². The van der Waals surface area contributed by atoms with Crippen molar-refractivity contribution in [3.8, 4) is 0 Å². The maximum Gasteiger partial charge on any atom is 0.313 e. The van der Waals surface area contributed by atoms with Crippen LogP contribution in [0.1, 0.15) is 32.5 Å². The molecule has 0 saturated carbocycles. The molecule has 0 aromatic carbocycles. The number of carboxylic acids is 1. The summed E-state index contributed by atoms with van der Waals surface area (Å²) in [5.74, 6) is -0.410. The molecule has 0 bridgehead atoms. The van der Waals surface area contributed by atoms with Gasteiger partial charge in [-0.3, -0.25) is 4.79 Å². The summed E-state index contributed by atoms with van der Waals surface area (Å²) in [6, 6.07) is 0.179. The number of rotatable bonds is 8. The van der Waals surface area contributed by atoms with E-state index in [0.29, 0.717) is 12.5 Å². The highest BCUT2D eigenvalue weighted by atomic mass is 32.2. The number of ether oxygens (including phenoxy) is 1. The molecular formula is C13H22N2O3S. The first kappa shape index (κ1) is 16.0. The van der Waals surface area contributed by atoms with Crippen LogP contribution in [0.15, 0.2) is 11.4 Å². The van der Waals surface area contributed by atoms with Crippen molar-refractivity contribution in [1.82, 2.24) is 9.55 Å². The molecule has 1 aromatic heterocycles. The Kier molecular flexibility index (Phi) is 6.37. The molecule has 0 amide bonds. The summed E-state index contributed by atoms with van der Waals surface area (Å²) in [4.78, 5) is 15.1. The highest BCUT2D eigenvalue weighted by Crippen LogP contribution is 2.28. The molecule has 0 fully saturated rings. The Morgan fingerprint density at radius 2 is 2.26 bits per heavy atom. The predicted octanol–water partition coefficient (Wildman–Crippen LogP) is 2.47. The fourth-order valence-corrected chi connectivity index (χ4v) is 2.73. The zero-order valence-electron chi connectivity index (χ0n) is 11.9. The Balaban J connectivity index is 3.05. The highest BCUT2D eigenvalue weighted by Gasteiger charge is 2.22. The summed E-state index contributed by atoms with van der Waals surface area (Å²) in [6.45, 7) is 6.94. The fraction of sp³-hybridized carbons (Fsp3) is 0.692. The van der Waals surface area contributed by atoms with Gasteiger partial charge in [0.05, 0.1) is 18.4 Å². The molecule has 0 aliphatic rings. The summed E-state index contributed by atoms with van der Waals surface area (Å²) < 4.78 is 7.42. The van der Waals surface area contributed by atoms with Crippen molar-refractivity contribution in [1.29, 1.82) is 0 Å². The molecule has 19 heavy (non-hydrogen) atoms. The van der Waals surface area contributed by atoms with Crippen LogP contribution in [-0.2, 0) is 16.0 Å². The molecule has 1 atom stereocenters. The molecule has 0 radical (unpaired) electrons. The second kappa shape index (κ2) is 7.55. The summed E-state index contributed by atoms with van der Waals surface area (Å²) >= 11 is 1.26. The van der Waals surface area contributed by atoms with E-state index in [9.17, 15) is 4.79 Å². The number of hydrogen-bond donors (Lipinski definition) is 1. The third-order valence-electron chi connectivity index (χ3n) is 2.97. The largest absolute Gasteiger partial charge is 0.481 e. The molecule has 6 heteroatoms. The van der Waals surface area contributed by atoms with Gasteiger partial charge in [-0.25, -0.2) is 4.98 Å². The Bertz CT molecular complexity index is 418. The van der Waals surface area contributed by atoms with Gasteiger partial charge < -0.3 is 14.4 Å². The molecule has 108 valence electrons. The lowest BCUT2D eigenvalue weighted by Gasteiger charge is -2.25. The van der Waals surface area contributed by atoms with Gasteiger partial charge in [0, 0.05) is 19.0 Å². The van der Waals surface area contributed by atoms with Gasteiger partial charge in [0.1, 0.15) is 0 Å². The summed E-state index contributed by atoms with van der Waals surface area (Å²) in [5.41, 5.74) is 1.11. The molecule has 0 saturated heterocycles. The second-order valence-corrected chi connectivity index (χ2v) is 5.65. The van der Waals surface area contributed by atoms with Gasteiger partial charge in [0.25, 0.3) is 0 Å². The SMILES string of the molecule is CCc1cnc(SCC(=O)O)n1C(COC)C(C)C. The van der Waals surface area contributed by atoms with Gasteiger partial charge in [0.2, 0.25) is 0 Å². The van der Waals surface area contributed by atoms with Gasteiger partial charge in [-0.1, -0.05) is 32.5 Å². The van der Waals surface area contributed by atoms with Crippen LogP contribution in [0.5, 0.6) is 0 Å². The standard InChI is InChI=1S/C13H22N2O3S/c1-5-10-6-14-13(19-8-12(16)17)15(10)11(7-18-4)9(2)3/h6,9,11H,5,7-8H2,1-4H3,(H,16,17). The molecule has 0 spiro atoms. The van der Waals surface area contributed by atoms with E-state index in [1.807, 2.05) is 6.20 Å². The predicted molar refractivity (Wildman–Crippen MR) is 75.7 cm³/mol.